The van der Waals surface area contributed by atoms with Crippen LogP contribution in [-0.2, 0) is 31.2 Å². The molecule has 0 saturated heterocycles. The van der Waals surface area contributed by atoms with Crippen molar-refractivity contribution in [2.45, 2.75) is 57.8 Å². The van der Waals surface area contributed by atoms with Crippen LogP contribution < -0.4 is 0 Å². The number of aromatic nitrogens is 1. The van der Waals surface area contributed by atoms with E-state index < -0.39 is 31.8 Å². The molecule has 2 atom stereocenters. The van der Waals surface area contributed by atoms with E-state index in [2.05, 4.69) is 43.0 Å². The van der Waals surface area contributed by atoms with Crippen LogP contribution in [-0.4, -0.2) is 34.1 Å². The van der Waals surface area contributed by atoms with Crippen LogP contribution in [0.15, 0.2) is 24.4 Å². The molecule has 1 aromatic heterocycles. The Morgan fingerprint density at radius 3 is 2.52 bits per heavy atom. The molecule has 0 amide bonds. The highest BCUT2D eigenvalue weighted by Crippen LogP contribution is 2.38. The van der Waals surface area contributed by atoms with Crippen LogP contribution in [0.4, 0.5) is 0 Å². The van der Waals surface area contributed by atoms with Gasteiger partial charge in [0.1, 0.15) is 0 Å². The lowest BCUT2D eigenvalue weighted by atomic mass is 10.1. The molecule has 0 bridgehead atoms. The van der Waals surface area contributed by atoms with E-state index in [1.807, 2.05) is 18.2 Å². The molecule has 23 heavy (non-hydrogen) atoms. The number of hydrogen-bond donors (Lipinski definition) is 1. The standard InChI is InChI=1S/C15H25NO5SSi/c1-15(2,3)23(4,5)21-13(11-14(17)20-22(18)19)10-12-8-6-7-9-16-12/h6-9,13H,10-11H2,1-5H3,(H,18,19)/t13-/m1/s1. The van der Waals surface area contributed by atoms with Gasteiger partial charge < -0.3 is 8.61 Å². The van der Waals surface area contributed by atoms with Crippen molar-refractivity contribution in [1.82, 2.24) is 4.98 Å². The zero-order chi connectivity index (χ0) is 17.7. The van der Waals surface area contributed by atoms with Crippen molar-refractivity contribution in [3.05, 3.63) is 30.1 Å². The van der Waals surface area contributed by atoms with E-state index in [9.17, 15) is 9.00 Å². The van der Waals surface area contributed by atoms with Gasteiger partial charge in [0.05, 0.1) is 12.5 Å². The van der Waals surface area contributed by atoms with E-state index in [-0.39, 0.29) is 11.5 Å². The summed E-state index contributed by atoms with van der Waals surface area (Å²) in [5.74, 6) is -0.759. The number of carbonyl (C=O) groups is 1. The van der Waals surface area contributed by atoms with Crippen LogP contribution in [0, 0.1) is 0 Å². The quantitative estimate of drug-likeness (QED) is 0.595. The molecule has 0 aliphatic carbocycles. The van der Waals surface area contributed by atoms with Gasteiger partial charge in [-0.25, -0.2) is 0 Å². The van der Waals surface area contributed by atoms with Crippen LogP contribution in [0.1, 0.15) is 32.9 Å². The summed E-state index contributed by atoms with van der Waals surface area (Å²) in [6.45, 7) is 10.5. The average molecular weight is 360 g/mol. The van der Waals surface area contributed by atoms with Crippen LogP contribution in [0.5, 0.6) is 0 Å². The normalized spacial score (nSPS) is 15.0. The second kappa shape index (κ2) is 8.14. The zero-order valence-electron chi connectivity index (χ0n) is 14.2. The Morgan fingerprint density at radius 1 is 1.39 bits per heavy atom. The van der Waals surface area contributed by atoms with E-state index in [1.54, 1.807) is 6.20 Å². The fourth-order valence-electron chi connectivity index (χ4n) is 1.80. The molecule has 0 aliphatic rings. The van der Waals surface area contributed by atoms with E-state index in [4.69, 9.17) is 8.98 Å². The van der Waals surface area contributed by atoms with Gasteiger partial charge in [-0.1, -0.05) is 26.8 Å². The SMILES string of the molecule is CC(C)(C)[Si](C)(C)O[C@@H](CC(=O)OS(=O)O)Cc1ccccn1. The van der Waals surface area contributed by atoms with Crippen LogP contribution in [0.2, 0.25) is 18.1 Å². The lowest BCUT2D eigenvalue weighted by Crippen LogP contribution is -2.45. The molecule has 0 radical (unpaired) electrons. The van der Waals surface area contributed by atoms with E-state index in [0.29, 0.717) is 6.42 Å². The van der Waals surface area contributed by atoms with Crippen molar-refractivity contribution in [2.75, 3.05) is 0 Å². The van der Waals surface area contributed by atoms with E-state index in [1.165, 1.54) is 0 Å². The third-order valence-electron chi connectivity index (χ3n) is 3.99. The number of rotatable bonds is 7. The molecule has 0 aromatic carbocycles. The highest BCUT2D eigenvalue weighted by Gasteiger charge is 2.39. The minimum Gasteiger partial charge on any atom is -0.413 e. The second-order valence-corrected chi connectivity index (χ2v) is 12.3. The van der Waals surface area contributed by atoms with Crippen LogP contribution >= 0.6 is 0 Å². The summed E-state index contributed by atoms with van der Waals surface area (Å²) >= 11 is -2.61. The molecule has 0 saturated carbocycles. The van der Waals surface area contributed by atoms with Crippen LogP contribution in [0.25, 0.3) is 0 Å². The summed E-state index contributed by atoms with van der Waals surface area (Å²) in [6.07, 6.45) is 1.59. The molecule has 0 fully saturated rings. The molecule has 8 heteroatoms. The fraction of sp³-hybridized carbons (Fsp3) is 0.600. The molecular weight excluding hydrogens is 334 g/mol. The molecular formula is C15H25NO5SSi. The maximum Gasteiger partial charge on any atom is 0.360 e. The largest absolute Gasteiger partial charge is 0.413 e. The highest BCUT2D eigenvalue weighted by atomic mass is 32.2. The summed E-state index contributed by atoms with van der Waals surface area (Å²) in [5.41, 5.74) is 0.800. The summed E-state index contributed by atoms with van der Waals surface area (Å²) < 4.78 is 29.9. The van der Waals surface area contributed by atoms with Crippen molar-refractivity contribution >= 4 is 25.6 Å². The van der Waals surface area contributed by atoms with Gasteiger partial charge in [-0.2, -0.15) is 4.21 Å². The Morgan fingerprint density at radius 2 is 2.04 bits per heavy atom. The van der Waals surface area contributed by atoms with Gasteiger partial charge in [-0.15, -0.1) is 0 Å². The number of carbonyl (C=O) groups excluding carboxylic acids is 1. The van der Waals surface area contributed by atoms with E-state index in [0.717, 1.165) is 5.69 Å². The Balaban J connectivity index is 2.88. The monoisotopic (exact) mass is 359 g/mol. The smallest absolute Gasteiger partial charge is 0.360 e. The van der Waals surface area contributed by atoms with Gasteiger partial charge in [-0.3, -0.25) is 14.3 Å². The molecule has 1 rings (SSSR count). The van der Waals surface area contributed by atoms with Gasteiger partial charge in [0.15, 0.2) is 8.32 Å². The molecule has 6 nitrogen and oxygen atoms in total. The maximum atomic E-state index is 11.7. The topological polar surface area (TPSA) is 85.7 Å². The summed E-state index contributed by atoms with van der Waals surface area (Å²) in [6, 6.07) is 5.54. The molecule has 130 valence electrons. The van der Waals surface area contributed by atoms with Crippen molar-refractivity contribution in [3.63, 3.8) is 0 Å². The minimum atomic E-state index is -2.61. The third kappa shape index (κ3) is 6.90. The van der Waals surface area contributed by atoms with Gasteiger partial charge >= 0.3 is 17.3 Å². The lowest BCUT2D eigenvalue weighted by Gasteiger charge is -2.39. The third-order valence-corrected chi connectivity index (χ3v) is 8.85. The minimum absolute atomic E-state index is 0.0148. The van der Waals surface area contributed by atoms with Gasteiger partial charge in [0.2, 0.25) is 0 Å². The first-order valence-electron chi connectivity index (χ1n) is 7.41. The first kappa shape index (κ1) is 20.0. The number of nitrogens with zero attached hydrogens (tertiary/aromatic N) is 1. The van der Waals surface area contributed by atoms with Crippen molar-refractivity contribution < 1.29 is 22.2 Å². The Hall–Kier alpha value is -1.09. The summed E-state index contributed by atoms with van der Waals surface area (Å²) in [5, 5.41) is -0.0148. The van der Waals surface area contributed by atoms with Crippen molar-refractivity contribution in [1.29, 1.82) is 0 Å². The molecule has 1 aromatic rings. The Labute approximate surface area is 141 Å². The fourth-order valence-corrected chi connectivity index (χ4v) is 3.38. The first-order chi connectivity index (χ1) is 10.5. The number of pyridine rings is 1. The van der Waals surface area contributed by atoms with E-state index >= 15 is 0 Å². The predicted molar refractivity (Wildman–Crippen MR) is 91.5 cm³/mol. The van der Waals surface area contributed by atoms with Crippen molar-refractivity contribution in [3.8, 4) is 0 Å². The Bertz CT molecular complexity index is 545. The molecule has 1 unspecified atom stereocenters. The molecule has 1 heterocycles. The molecule has 0 spiro atoms. The van der Waals surface area contributed by atoms with Gasteiger partial charge in [0, 0.05) is 18.3 Å². The highest BCUT2D eigenvalue weighted by molar-refractivity contribution is 7.74. The Kier molecular flexibility index (Phi) is 7.06. The summed E-state index contributed by atoms with van der Waals surface area (Å²) in [4.78, 5) is 16.0. The molecule has 1 N–H and O–H groups in total. The lowest BCUT2D eigenvalue weighted by molar-refractivity contribution is -0.135. The van der Waals surface area contributed by atoms with Gasteiger partial charge in [-0.05, 0) is 30.3 Å². The predicted octanol–water partition coefficient (Wildman–Crippen LogP) is 3.08. The maximum absolute atomic E-state index is 11.7. The first-order valence-corrected chi connectivity index (χ1v) is 11.3. The molecule has 0 aliphatic heterocycles. The second-order valence-electron chi connectivity index (χ2n) is 6.90. The number of hydrogen-bond acceptors (Lipinski definition) is 5. The summed E-state index contributed by atoms with van der Waals surface area (Å²) in [7, 11) is -2.10. The van der Waals surface area contributed by atoms with Gasteiger partial charge in [0.25, 0.3) is 0 Å². The average Bonchev–Trinajstić information content (AvgIpc) is 2.36. The van der Waals surface area contributed by atoms with Crippen molar-refractivity contribution in [2.24, 2.45) is 0 Å². The zero-order valence-corrected chi connectivity index (χ0v) is 16.1. The van der Waals surface area contributed by atoms with Crippen LogP contribution in [0.3, 0.4) is 0 Å².